The van der Waals surface area contributed by atoms with E-state index in [9.17, 15) is 4.79 Å². The van der Waals surface area contributed by atoms with E-state index in [1.165, 1.54) is 10.4 Å². The third-order valence-electron chi connectivity index (χ3n) is 6.83. The van der Waals surface area contributed by atoms with E-state index in [1.54, 1.807) is 11.3 Å². The van der Waals surface area contributed by atoms with Crippen molar-refractivity contribution < 1.29 is 9.53 Å². The molecule has 6 heteroatoms. The Labute approximate surface area is 204 Å². The summed E-state index contributed by atoms with van der Waals surface area (Å²) in [4.78, 5) is 14.4. The molecule has 0 unspecified atom stereocenters. The first-order valence-electron chi connectivity index (χ1n) is 11.5. The molecule has 2 N–H and O–H groups in total. The third kappa shape index (κ3) is 4.49. The molecule has 3 aromatic rings. The molecular formula is C27H29ClN2O2S. The lowest BCUT2D eigenvalue weighted by Crippen LogP contribution is -2.38. The molecule has 172 valence electrons. The van der Waals surface area contributed by atoms with Crippen LogP contribution in [0.1, 0.15) is 65.3 Å². The number of fused-ring (bicyclic) bond motifs is 3. The molecule has 5 rings (SSSR count). The minimum atomic E-state index is -0.249. The van der Waals surface area contributed by atoms with Crippen LogP contribution in [0.2, 0.25) is 5.02 Å². The highest BCUT2D eigenvalue weighted by Gasteiger charge is 2.36. The molecular weight excluding hydrogens is 452 g/mol. The van der Waals surface area contributed by atoms with Gasteiger partial charge >= 0.3 is 0 Å². The molecule has 2 aromatic carbocycles. The largest absolute Gasteiger partial charge is 0.489 e. The van der Waals surface area contributed by atoms with E-state index in [4.69, 9.17) is 16.3 Å². The number of carbonyl (C=O) groups excluding carboxylic acids is 1. The second-order valence-corrected chi connectivity index (χ2v) is 11.5. The third-order valence-corrected chi connectivity index (χ3v) is 8.39. The van der Waals surface area contributed by atoms with Crippen LogP contribution >= 0.6 is 22.9 Å². The summed E-state index contributed by atoms with van der Waals surface area (Å²) in [7, 11) is 0. The predicted molar refractivity (Wildman–Crippen MR) is 135 cm³/mol. The van der Waals surface area contributed by atoms with Gasteiger partial charge < -0.3 is 15.4 Å². The summed E-state index contributed by atoms with van der Waals surface area (Å²) in [6.07, 6.45) is 2.95. The minimum Gasteiger partial charge on any atom is -0.489 e. The highest BCUT2D eigenvalue weighted by atomic mass is 35.5. The number of anilines is 1. The number of hydrogen-bond acceptors (Lipinski definition) is 4. The van der Waals surface area contributed by atoms with E-state index in [2.05, 4.69) is 31.4 Å². The van der Waals surface area contributed by atoms with Crippen LogP contribution < -0.4 is 15.4 Å². The van der Waals surface area contributed by atoms with Crippen molar-refractivity contribution in [2.75, 3.05) is 5.32 Å². The van der Waals surface area contributed by atoms with E-state index in [1.807, 2.05) is 48.5 Å². The van der Waals surface area contributed by atoms with Gasteiger partial charge in [0.15, 0.2) is 0 Å². The normalized spacial score (nSPS) is 19.8. The molecule has 0 saturated heterocycles. The molecule has 0 spiro atoms. The van der Waals surface area contributed by atoms with Crippen LogP contribution in [0.25, 0.3) is 0 Å². The summed E-state index contributed by atoms with van der Waals surface area (Å²) in [5.74, 6) is 1.45. The fraction of sp³-hybridized carbons (Fsp3) is 0.370. The van der Waals surface area contributed by atoms with Crippen molar-refractivity contribution in [2.24, 2.45) is 11.3 Å². The highest BCUT2D eigenvalue weighted by Crippen LogP contribution is 2.46. The van der Waals surface area contributed by atoms with Gasteiger partial charge in [0, 0.05) is 15.5 Å². The van der Waals surface area contributed by atoms with Crippen molar-refractivity contribution >= 4 is 33.8 Å². The number of benzene rings is 2. The predicted octanol–water partition coefficient (Wildman–Crippen LogP) is 6.99. The maximum atomic E-state index is 13.1. The Bertz CT molecular complexity index is 1180. The zero-order chi connectivity index (χ0) is 23.2. The lowest BCUT2D eigenvalue weighted by atomic mass is 9.72. The van der Waals surface area contributed by atoms with Gasteiger partial charge in [-0.1, -0.05) is 62.7 Å². The van der Waals surface area contributed by atoms with Crippen molar-refractivity contribution in [2.45, 2.75) is 52.8 Å². The summed E-state index contributed by atoms with van der Waals surface area (Å²) in [6.45, 7) is 7.37. The Morgan fingerprint density at radius 2 is 1.85 bits per heavy atom. The van der Waals surface area contributed by atoms with Crippen LogP contribution in [0, 0.1) is 11.3 Å². The zero-order valence-electron chi connectivity index (χ0n) is 19.2. The standard InChI is InChI=1S/C27H29ClN2O2S/c1-27(2,3)18-10-13-20-22(14-18)33-26-23(20)25(31)29-24(30-26)16-8-11-19(12-9-16)32-15-17-6-4-5-7-21(17)28/h4-9,11-12,18,24,30H,10,13-15H2,1-3H3,(H,29,31)/t18-,24-/m0/s1. The van der Waals surface area contributed by atoms with Gasteiger partial charge in [-0.15, -0.1) is 11.3 Å². The SMILES string of the molecule is CC(C)(C)[C@H]1CCc2c(sc3c2C(=O)N[C@H](c2ccc(OCc4ccccc4Cl)cc2)N3)C1. The quantitative estimate of drug-likeness (QED) is 0.423. The fourth-order valence-electron chi connectivity index (χ4n) is 4.74. The number of thiophene rings is 1. The second-order valence-electron chi connectivity index (χ2n) is 10.0. The summed E-state index contributed by atoms with van der Waals surface area (Å²) >= 11 is 7.97. The lowest BCUT2D eigenvalue weighted by molar-refractivity contribution is 0.0935. The molecule has 4 nitrogen and oxygen atoms in total. The van der Waals surface area contributed by atoms with Gasteiger partial charge in [0.1, 0.15) is 23.5 Å². The molecule has 2 atom stereocenters. The molecule has 0 fully saturated rings. The Morgan fingerprint density at radius 1 is 1.09 bits per heavy atom. The average Bonchev–Trinajstić information content (AvgIpc) is 3.16. The van der Waals surface area contributed by atoms with Gasteiger partial charge in [0.25, 0.3) is 5.91 Å². The van der Waals surface area contributed by atoms with E-state index in [-0.39, 0.29) is 17.5 Å². The lowest BCUT2D eigenvalue weighted by Gasteiger charge is -2.34. The Morgan fingerprint density at radius 3 is 2.58 bits per heavy atom. The van der Waals surface area contributed by atoms with Crippen molar-refractivity contribution in [3.8, 4) is 5.75 Å². The van der Waals surface area contributed by atoms with Gasteiger partial charge in [-0.3, -0.25) is 4.79 Å². The van der Waals surface area contributed by atoms with E-state index < -0.39 is 0 Å². The molecule has 33 heavy (non-hydrogen) atoms. The van der Waals surface area contributed by atoms with Crippen LogP contribution in [-0.4, -0.2) is 5.91 Å². The fourth-order valence-corrected chi connectivity index (χ4v) is 6.28. The molecule has 0 saturated carbocycles. The van der Waals surface area contributed by atoms with Crippen molar-refractivity contribution in [3.05, 3.63) is 80.7 Å². The number of rotatable bonds is 4. The van der Waals surface area contributed by atoms with Crippen LogP contribution in [0.4, 0.5) is 5.00 Å². The van der Waals surface area contributed by atoms with Crippen LogP contribution in [0.15, 0.2) is 48.5 Å². The van der Waals surface area contributed by atoms with Crippen molar-refractivity contribution in [1.29, 1.82) is 0 Å². The summed E-state index contributed by atoms with van der Waals surface area (Å²) < 4.78 is 5.89. The highest BCUT2D eigenvalue weighted by molar-refractivity contribution is 7.16. The first kappa shape index (κ1) is 22.3. The first-order valence-corrected chi connectivity index (χ1v) is 12.7. The topological polar surface area (TPSA) is 50.4 Å². The van der Waals surface area contributed by atoms with Crippen LogP contribution in [-0.2, 0) is 19.4 Å². The maximum absolute atomic E-state index is 13.1. The monoisotopic (exact) mass is 480 g/mol. The molecule has 1 aliphatic heterocycles. The smallest absolute Gasteiger partial charge is 0.256 e. The number of amides is 1. The van der Waals surface area contributed by atoms with Gasteiger partial charge in [0.05, 0.1) is 5.56 Å². The average molecular weight is 481 g/mol. The Kier molecular flexibility index (Phi) is 5.87. The molecule has 1 amide bonds. The number of nitrogens with one attached hydrogen (secondary N) is 2. The van der Waals surface area contributed by atoms with Gasteiger partial charge in [-0.05, 0) is 59.9 Å². The number of ether oxygens (including phenoxy) is 1. The molecule has 0 bridgehead atoms. The van der Waals surface area contributed by atoms with Gasteiger partial charge in [-0.2, -0.15) is 0 Å². The summed E-state index contributed by atoms with van der Waals surface area (Å²) in [6, 6.07) is 15.5. The molecule has 0 radical (unpaired) electrons. The Hall–Kier alpha value is -2.50. The molecule has 1 aromatic heterocycles. The van der Waals surface area contributed by atoms with Crippen LogP contribution in [0.5, 0.6) is 5.75 Å². The molecule has 2 heterocycles. The minimum absolute atomic E-state index is 0.0273. The number of halogens is 1. The first-order chi connectivity index (χ1) is 15.8. The second kappa shape index (κ2) is 8.69. The number of hydrogen-bond donors (Lipinski definition) is 2. The van der Waals surface area contributed by atoms with Crippen molar-refractivity contribution in [1.82, 2.24) is 5.32 Å². The van der Waals surface area contributed by atoms with Crippen molar-refractivity contribution in [3.63, 3.8) is 0 Å². The Balaban J connectivity index is 1.29. The van der Waals surface area contributed by atoms with E-state index >= 15 is 0 Å². The van der Waals surface area contributed by atoms with E-state index in [0.717, 1.165) is 46.7 Å². The maximum Gasteiger partial charge on any atom is 0.256 e. The number of carbonyl (C=O) groups is 1. The summed E-state index contributed by atoms with van der Waals surface area (Å²) in [5.41, 5.74) is 4.35. The molecule has 1 aliphatic carbocycles. The molecule has 2 aliphatic rings. The van der Waals surface area contributed by atoms with Gasteiger partial charge in [0.2, 0.25) is 0 Å². The van der Waals surface area contributed by atoms with Crippen LogP contribution in [0.3, 0.4) is 0 Å². The van der Waals surface area contributed by atoms with Gasteiger partial charge in [-0.25, -0.2) is 0 Å². The van der Waals surface area contributed by atoms with E-state index in [0.29, 0.717) is 17.5 Å². The zero-order valence-corrected chi connectivity index (χ0v) is 20.8. The summed E-state index contributed by atoms with van der Waals surface area (Å²) in [5, 5.41) is 8.42.